The molecule has 0 atom stereocenters. The van der Waals surface area contributed by atoms with E-state index in [1.807, 2.05) is 6.07 Å². The average molecular weight is 369 g/mol. The first-order valence-electron chi connectivity index (χ1n) is 5.73. The van der Waals surface area contributed by atoms with E-state index >= 15 is 0 Å². The van der Waals surface area contributed by atoms with E-state index in [4.69, 9.17) is 0 Å². The molecule has 1 heterocycles. The van der Waals surface area contributed by atoms with Crippen LogP contribution < -0.4 is 0 Å². The molecule has 0 fully saturated rings. The number of hydrogen-bond donors (Lipinski definition) is 1. The second-order valence-electron chi connectivity index (χ2n) is 3.95. The van der Waals surface area contributed by atoms with Gasteiger partial charge in [0.25, 0.3) is 5.69 Å². The van der Waals surface area contributed by atoms with E-state index in [1.165, 1.54) is 23.9 Å². The highest BCUT2D eigenvalue weighted by Gasteiger charge is 2.23. The Kier molecular flexibility index (Phi) is 4.92. The number of carboxylic acids is 1. The van der Waals surface area contributed by atoms with Gasteiger partial charge in [-0.15, -0.1) is 11.8 Å². The molecule has 0 unspecified atom stereocenters. The Morgan fingerprint density at radius 1 is 1.38 bits per heavy atom. The Balaban J connectivity index is 2.32. The summed E-state index contributed by atoms with van der Waals surface area (Å²) in [6.45, 7) is 0. The number of carbonyl (C=O) groups is 1. The van der Waals surface area contributed by atoms with Gasteiger partial charge in [0, 0.05) is 22.5 Å². The molecule has 1 aromatic heterocycles. The van der Waals surface area contributed by atoms with Gasteiger partial charge in [0.05, 0.1) is 4.92 Å². The number of aromatic carboxylic acids is 1. The van der Waals surface area contributed by atoms with Crippen molar-refractivity contribution in [2.24, 2.45) is 0 Å². The molecule has 1 aromatic carbocycles. The van der Waals surface area contributed by atoms with E-state index in [-0.39, 0.29) is 11.3 Å². The van der Waals surface area contributed by atoms with Crippen molar-refractivity contribution in [1.29, 1.82) is 0 Å². The molecule has 2 rings (SSSR count). The molecule has 2 aromatic rings. The van der Waals surface area contributed by atoms with Gasteiger partial charge in [-0.25, -0.2) is 9.78 Å². The van der Waals surface area contributed by atoms with Crippen LogP contribution in [0.15, 0.2) is 46.0 Å². The van der Waals surface area contributed by atoms with Gasteiger partial charge in [0.15, 0.2) is 0 Å². The van der Waals surface area contributed by atoms with Crippen LogP contribution in [-0.4, -0.2) is 21.0 Å². The van der Waals surface area contributed by atoms with Gasteiger partial charge < -0.3 is 5.11 Å². The fraction of sp³-hybridized carbons (Fsp3) is 0.0769. The van der Waals surface area contributed by atoms with Crippen molar-refractivity contribution in [2.75, 3.05) is 0 Å². The number of nitro benzene ring substituents is 1. The molecule has 1 N–H and O–H groups in total. The first kappa shape index (κ1) is 15.5. The van der Waals surface area contributed by atoms with Crippen molar-refractivity contribution < 1.29 is 14.8 Å². The van der Waals surface area contributed by atoms with Crippen molar-refractivity contribution in [3.05, 3.63) is 62.2 Å². The Hall–Kier alpha value is -1.93. The van der Waals surface area contributed by atoms with Gasteiger partial charge in [0.1, 0.15) is 10.6 Å². The molecule has 0 spiro atoms. The zero-order valence-electron chi connectivity index (χ0n) is 10.5. The zero-order chi connectivity index (χ0) is 15.4. The topological polar surface area (TPSA) is 93.3 Å². The third-order valence-electron chi connectivity index (χ3n) is 2.63. The molecular formula is C13H9BrN2O4S. The molecule has 0 saturated carbocycles. The van der Waals surface area contributed by atoms with E-state index in [0.717, 1.165) is 4.47 Å². The van der Waals surface area contributed by atoms with Gasteiger partial charge in [-0.1, -0.05) is 12.1 Å². The highest BCUT2D eigenvalue weighted by molar-refractivity contribution is 9.10. The second-order valence-corrected chi connectivity index (χ2v) is 5.77. The molecule has 8 heteroatoms. The van der Waals surface area contributed by atoms with Gasteiger partial charge >= 0.3 is 5.97 Å². The largest absolute Gasteiger partial charge is 0.477 e. The molecule has 0 saturated heterocycles. The van der Waals surface area contributed by atoms with Crippen LogP contribution in [-0.2, 0) is 5.75 Å². The Morgan fingerprint density at radius 3 is 2.76 bits per heavy atom. The number of carboxylic acid groups (broad SMARTS) is 1. The summed E-state index contributed by atoms with van der Waals surface area (Å²) in [6.07, 6.45) is 1.62. The standard InChI is InChI=1S/C13H9BrN2O4S/c14-9-4-2-6-15-12(9)21-7-8-3-1-5-10(16(19)20)11(8)13(17)18/h1-6H,7H2,(H,17,18). The lowest BCUT2D eigenvalue weighted by molar-refractivity contribution is -0.385. The van der Waals surface area contributed by atoms with Crippen LogP contribution in [0.1, 0.15) is 15.9 Å². The summed E-state index contributed by atoms with van der Waals surface area (Å²) in [5.41, 5.74) is -0.290. The lowest BCUT2D eigenvalue weighted by Crippen LogP contribution is -2.06. The molecule has 0 radical (unpaired) electrons. The van der Waals surface area contributed by atoms with Crippen molar-refractivity contribution in [2.45, 2.75) is 10.8 Å². The Labute approximate surface area is 132 Å². The second kappa shape index (κ2) is 6.68. The third kappa shape index (κ3) is 3.59. The van der Waals surface area contributed by atoms with Crippen LogP contribution in [0.2, 0.25) is 0 Å². The predicted molar refractivity (Wildman–Crippen MR) is 81.6 cm³/mol. The lowest BCUT2D eigenvalue weighted by Gasteiger charge is -2.07. The number of benzene rings is 1. The predicted octanol–water partition coefficient (Wildman–Crippen LogP) is 3.74. The molecule has 0 aliphatic carbocycles. The smallest absolute Gasteiger partial charge is 0.343 e. The van der Waals surface area contributed by atoms with E-state index in [2.05, 4.69) is 20.9 Å². The summed E-state index contributed by atoms with van der Waals surface area (Å²) >= 11 is 4.66. The molecule has 0 aliphatic heterocycles. The van der Waals surface area contributed by atoms with Gasteiger partial charge in [0.2, 0.25) is 0 Å². The van der Waals surface area contributed by atoms with Gasteiger partial charge in [-0.3, -0.25) is 10.1 Å². The maximum Gasteiger partial charge on any atom is 0.343 e. The minimum Gasteiger partial charge on any atom is -0.477 e. The number of pyridine rings is 1. The van der Waals surface area contributed by atoms with Crippen LogP contribution in [0.3, 0.4) is 0 Å². The average Bonchev–Trinajstić information content (AvgIpc) is 2.45. The summed E-state index contributed by atoms with van der Waals surface area (Å²) in [5.74, 6) is -1.03. The normalized spacial score (nSPS) is 10.3. The molecule has 0 aliphatic rings. The Bertz CT molecular complexity index is 708. The molecule has 0 amide bonds. The number of halogens is 1. The summed E-state index contributed by atoms with van der Waals surface area (Å²) in [4.78, 5) is 25.7. The maximum absolute atomic E-state index is 11.3. The summed E-state index contributed by atoms with van der Waals surface area (Å²) in [7, 11) is 0. The van der Waals surface area contributed by atoms with Crippen LogP contribution in [0, 0.1) is 10.1 Å². The van der Waals surface area contributed by atoms with E-state index in [1.54, 1.807) is 18.3 Å². The molecule has 108 valence electrons. The van der Waals surface area contributed by atoms with Crippen molar-refractivity contribution in [1.82, 2.24) is 4.98 Å². The van der Waals surface area contributed by atoms with Crippen LogP contribution in [0.25, 0.3) is 0 Å². The molecular weight excluding hydrogens is 360 g/mol. The number of rotatable bonds is 5. The van der Waals surface area contributed by atoms with Crippen molar-refractivity contribution in [3.8, 4) is 0 Å². The number of thioether (sulfide) groups is 1. The number of hydrogen-bond acceptors (Lipinski definition) is 5. The van der Waals surface area contributed by atoms with Gasteiger partial charge in [-0.2, -0.15) is 0 Å². The minimum atomic E-state index is -1.31. The fourth-order valence-electron chi connectivity index (χ4n) is 1.73. The number of nitrogens with zero attached hydrogens (tertiary/aromatic N) is 2. The fourth-order valence-corrected chi connectivity index (χ4v) is 3.20. The Morgan fingerprint density at radius 2 is 2.14 bits per heavy atom. The van der Waals surface area contributed by atoms with E-state index in [9.17, 15) is 20.0 Å². The number of nitro groups is 1. The lowest BCUT2D eigenvalue weighted by atomic mass is 10.1. The van der Waals surface area contributed by atoms with E-state index in [0.29, 0.717) is 10.6 Å². The third-order valence-corrected chi connectivity index (χ3v) is 4.58. The monoisotopic (exact) mass is 368 g/mol. The van der Waals surface area contributed by atoms with Crippen LogP contribution >= 0.6 is 27.7 Å². The van der Waals surface area contributed by atoms with Gasteiger partial charge in [-0.05, 0) is 33.6 Å². The van der Waals surface area contributed by atoms with E-state index < -0.39 is 16.6 Å². The minimum absolute atomic E-state index is 0.276. The van der Waals surface area contributed by atoms with Crippen molar-refractivity contribution >= 4 is 39.3 Å². The first-order valence-corrected chi connectivity index (χ1v) is 7.51. The highest BCUT2D eigenvalue weighted by atomic mass is 79.9. The van der Waals surface area contributed by atoms with Crippen LogP contribution in [0.5, 0.6) is 0 Å². The molecule has 6 nitrogen and oxygen atoms in total. The zero-order valence-corrected chi connectivity index (χ0v) is 12.9. The molecule has 21 heavy (non-hydrogen) atoms. The maximum atomic E-state index is 11.3. The number of aromatic nitrogens is 1. The SMILES string of the molecule is O=C(O)c1c(CSc2ncccc2Br)cccc1[N+](=O)[O-]. The summed E-state index contributed by atoms with van der Waals surface area (Å²) < 4.78 is 0.789. The summed E-state index contributed by atoms with van der Waals surface area (Å²) in [6, 6.07) is 7.83. The molecule has 0 bridgehead atoms. The summed E-state index contributed by atoms with van der Waals surface area (Å²) in [5, 5.41) is 20.8. The van der Waals surface area contributed by atoms with Crippen LogP contribution in [0.4, 0.5) is 5.69 Å². The first-order chi connectivity index (χ1) is 10.0. The quantitative estimate of drug-likeness (QED) is 0.490. The highest BCUT2D eigenvalue weighted by Crippen LogP contribution is 2.31. The van der Waals surface area contributed by atoms with Crippen molar-refractivity contribution in [3.63, 3.8) is 0 Å².